The van der Waals surface area contributed by atoms with E-state index in [0.29, 0.717) is 26.1 Å². The molecule has 0 aliphatic heterocycles. The predicted octanol–water partition coefficient (Wildman–Crippen LogP) is -0.515. The van der Waals surface area contributed by atoms with Gasteiger partial charge in [-0.05, 0) is 69.3 Å². The maximum Gasteiger partial charge on any atom is 0.244 e. The van der Waals surface area contributed by atoms with Gasteiger partial charge in [0.1, 0.15) is 6.04 Å². The number of amides is 2. The second-order valence-corrected chi connectivity index (χ2v) is 7.91. The fourth-order valence-corrected chi connectivity index (χ4v) is 3.26. The molecule has 10 heteroatoms. The van der Waals surface area contributed by atoms with Gasteiger partial charge in [-0.3, -0.25) is 9.59 Å². The monoisotopic (exact) mass is 463 g/mol. The van der Waals surface area contributed by atoms with Crippen molar-refractivity contribution in [2.75, 3.05) is 32.8 Å². The topological polar surface area (TPSA) is 181 Å². The Kier molecular flexibility index (Phi) is 15.3. The third-order valence-electron chi connectivity index (χ3n) is 5.12. The molecule has 1 atom stereocenters. The molecular weight excluding hydrogens is 422 g/mol. The van der Waals surface area contributed by atoms with E-state index in [1.807, 2.05) is 24.3 Å². The van der Waals surface area contributed by atoms with Crippen LogP contribution in [0, 0.1) is 0 Å². The number of aliphatic hydroxyl groups is 1. The van der Waals surface area contributed by atoms with Crippen LogP contribution in [0.2, 0.25) is 0 Å². The number of guanidine groups is 1. The largest absolute Gasteiger partial charge is 0.394 e. The number of aliphatic imine (C=N–C) groups is 1. The van der Waals surface area contributed by atoms with Crippen molar-refractivity contribution in [1.29, 1.82) is 0 Å². The van der Waals surface area contributed by atoms with Gasteiger partial charge in [0.15, 0.2) is 5.96 Å². The van der Waals surface area contributed by atoms with Crippen molar-refractivity contribution in [3.8, 4) is 0 Å². The zero-order chi connectivity index (χ0) is 24.3. The summed E-state index contributed by atoms with van der Waals surface area (Å²) < 4.78 is 0. The SMILES string of the molecule is NCCCNCCCCNC(=O)C(CO)NC(=O)CCCCc1ccccc1CN=C(N)N. The number of nitrogens with two attached hydrogens (primary N) is 3. The maximum atomic E-state index is 12.2. The van der Waals surface area contributed by atoms with E-state index in [4.69, 9.17) is 17.2 Å². The number of nitrogens with one attached hydrogen (secondary N) is 3. The summed E-state index contributed by atoms with van der Waals surface area (Å²) in [4.78, 5) is 28.5. The summed E-state index contributed by atoms with van der Waals surface area (Å²) in [5.74, 6) is -0.558. The van der Waals surface area contributed by atoms with E-state index < -0.39 is 12.6 Å². The first-order chi connectivity index (χ1) is 16.0. The molecule has 10 N–H and O–H groups in total. The number of rotatable bonds is 18. The number of hydrogen-bond donors (Lipinski definition) is 7. The zero-order valence-corrected chi connectivity index (χ0v) is 19.5. The van der Waals surface area contributed by atoms with Crippen LogP contribution in [0.25, 0.3) is 0 Å². The summed E-state index contributed by atoms with van der Waals surface area (Å²) in [6, 6.07) is 6.98. The van der Waals surface area contributed by atoms with Crippen LogP contribution >= 0.6 is 0 Å². The van der Waals surface area contributed by atoms with Crippen LogP contribution in [0.5, 0.6) is 0 Å². The lowest BCUT2D eigenvalue weighted by molar-refractivity contribution is -0.130. The standard InChI is InChI=1S/C23H41N7O3/c24-12-7-14-27-13-5-6-15-28-22(33)20(17-31)30-21(32)11-4-3-9-18-8-1-2-10-19(18)16-29-23(25)26/h1-2,8,10,20,27,31H,3-7,9,11-17,24H2,(H,28,33)(H,30,32)(H4,25,26,29). The molecule has 1 aromatic carbocycles. The molecule has 33 heavy (non-hydrogen) atoms. The highest BCUT2D eigenvalue weighted by Crippen LogP contribution is 2.14. The Hall–Kier alpha value is -2.69. The minimum Gasteiger partial charge on any atom is -0.394 e. The molecule has 0 saturated heterocycles. The fraction of sp³-hybridized carbons (Fsp3) is 0.609. The van der Waals surface area contributed by atoms with E-state index in [1.54, 1.807) is 0 Å². The van der Waals surface area contributed by atoms with Gasteiger partial charge in [0.05, 0.1) is 13.2 Å². The fourth-order valence-electron chi connectivity index (χ4n) is 3.26. The van der Waals surface area contributed by atoms with E-state index in [1.165, 1.54) is 0 Å². The molecule has 0 bridgehead atoms. The maximum absolute atomic E-state index is 12.2. The smallest absolute Gasteiger partial charge is 0.244 e. The second-order valence-electron chi connectivity index (χ2n) is 7.91. The lowest BCUT2D eigenvalue weighted by atomic mass is 10.0. The van der Waals surface area contributed by atoms with Crippen LogP contribution in [-0.2, 0) is 22.6 Å². The van der Waals surface area contributed by atoms with E-state index in [0.717, 1.165) is 56.3 Å². The second kappa shape index (κ2) is 17.8. The van der Waals surface area contributed by atoms with Crippen LogP contribution in [0.3, 0.4) is 0 Å². The molecule has 0 heterocycles. The van der Waals surface area contributed by atoms with Crippen molar-refractivity contribution in [2.24, 2.45) is 22.2 Å². The number of hydrogen-bond acceptors (Lipinski definition) is 6. The molecule has 0 aliphatic carbocycles. The third-order valence-corrected chi connectivity index (χ3v) is 5.12. The van der Waals surface area contributed by atoms with E-state index in [2.05, 4.69) is 20.9 Å². The number of nitrogens with zero attached hydrogens (tertiary/aromatic N) is 1. The average Bonchev–Trinajstić information content (AvgIpc) is 2.81. The molecule has 0 saturated carbocycles. The number of benzene rings is 1. The minimum absolute atomic E-state index is 0.0549. The summed E-state index contributed by atoms with van der Waals surface area (Å²) in [6.07, 6.45) is 5.25. The van der Waals surface area contributed by atoms with Crippen molar-refractivity contribution < 1.29 is 14.7 Å². The molecule has 186 valence electrons. The van der Waals surface area contributed by atoms with Gasteiger partial charge in [0, 0.05) is 13.0 Å². The van der Waals surface area contributed by atoms with Crippen LogP contribution in [-0.4, -0.2) is 61.7 Å². The van der Waals surface area contributed by atoms with Gasteiger partial charge in [0.2, 0.25) is 11.8 Å². The average molecular weight is 464 g/mol. The first-order valence-electron chi connectivity index (χ1n) is 11.7. The zero-order valence-electron chi connectivity index (χ0n) is 19.5. The van der Waals surface area contributed by atoms with Gasteiger partial charge in [-0.25, -0.2) is 4.99 Å². The molecule has 0 fully saturated rings. The van der Waals surface area contributed by atoms with Gasteiger partial charge in [-0.2, -0.15) is 0 Å². The molecule has 0 aliphatic rings. The lowest BCUT2D eigenvalue weighted by Crippen LogP contribution is -2.49. The molecule has 10 nitrogen and oxygen atoms in total. The van der Waals surface area contributed by atoms with E-state index in [-0.39, 0.29) is 24.2 Å². The Labute approximate surface area is 196 Å². The molecule has 0 radical (unpaired) electrons. The highest BCUT2D eigenvalue weighted by atomic mass is 16.3. The van der Waals surface area contributed by atoms with Gasteiger partial charge < -0.3 is 38.3 Å². The molecular formula is C23H41N7O3. The number of aryl methyl sites for hydroxylation is 1. The van der Waals surface area contributed by atoms with Crippen molar-refractivity contribution in [1.82, 2.24) is 16.0 Å². The molecule has 1 rings (SSSR count). The first kappa shape index (κ1) is 28.3. The Morgan fingerprint density at radius 1 is 0.970 bits per heavy atom. The summed E-state index contributed by atoms with van der Waals surface area (Å²) in [5, 5.41) is 18.1. The van der Waals surface area contributed by atoms with Crippen molar-refractivity contribution in [2.45, 2.75) is 57.5 Å². The van der Waals surface area contributed by atoms with Crippen LogP contribution in [0.1, 0.15) is 49.7 Å². The summed E-state index contributed by atoms with van der Waals surface area (Å²) in [6.45, 7) is 2.93. The third kappa shape index (κ3) is 13.5. The van der Waals surface area contributed by atoms with Crippen LogP contribution in [0.4, 0.5) is 0 Å². The summed E-state index contributed by atoms with van der Waals surface area (Å²) >= 11 is 0. The molecule has 2 amide bonds. The Morgan fingerprint density at radius 3 is 2.36 bits per heavy atom. The molecule has 1 unspecified atom stereocenters. The molecule has 0 spiro atoms. The lowest BCUT2D eigenvalue weighted by Gasteiger charge is -2.16. The first-order valence-corrected chi connectivity index (χ1v) is 11.7. The summed E-state index contributed by atoms with van der Waals surface area (Å²) in [5.41, 5.74) is 18.4. The van der Waals surface area contributed by atoms with Gasteiger partial charge >= 0.3 is 0 Å². The number of carbonyl (C=O) groups is 2. The Bertz CT molecular complexity index is 724. The van der Waals surface area contributed by atoms with Crippen molar-refractivity contribution in [3.05, 3.63) is 35.4 Å². The van der Waals surface area contributed by atoms with Crippen molar-refractivity contribution >= 4 is 17.8 Å². The van der Waals surface area contributed by atoms with E-state index >= 15 is 0 Å². The van der Waals surface area contributed by atoms with Crippen LogP contribution in [0.15, 0.2) is 29.3 Å². The number of aliphatic hydroxyl groups excluding tert-OH is 1. The van der Waals surface area contributed by atoms with Gasteiger partial charge in [-0.15, -0.1) is 0 Å². The molecule has 1 aromatic rings. The highest BCUT2D eigenvalue weighted by molar-refractivity contribution is 5.87. The van der Waals surface area contributed by atoms with Crippen molar-refractivity contribution in [3.63, 3.8) is 0 Å². The molecule has 0 aromatic heterocycles. The van der Waals surface area contributed by atoms with Crippen LogP contribution < -0.4 is 33.2 Å². The quantitative estimate of drug-likeness (QED) is 0.0869. The minimum atomic E-state index is -0.930. The normalized spacial score (nSPS) is 11.6. The van der Waals surface area contributed by atoms with Gasteiger partial charge in [-0.1, -0.05) is 24.3 Å². The number of unbranched alkanes of at least 4 members (excludes halogenated alkanes) is 2. The Morgan fingerprint density at radius 2 is 1.67 bits per heavy atom. The summed E-state index contributed by atoms with van der Waals surface area (Å²) in [7, 11) is 0. The highest BCUT2D eigenvalue weighted by Gasteiger charge is 2.19. The van der Waals surface area contributed by atoms with E-state index in [9.17, 15) is 14.7 Å². The van der Waals surface area contributed by atoms with Gasteiger partial charge in [0.25, 0.3) is 0 Å². The predicted molar refractivity (Wildman–Crippen MR) is 131 cm³/mol. The number of carbonyl (C=O) groups excluding carboxylic acids is 2. The Balaban J connectivity index is 2.26.